The Kier molecular flexibility index (Phi) is 9.46. The first kappa shape index (κ1) is 17.4. The largest absolute Gasteiger partial charge is 0.480 e. The van der Waals surface area contributed by atoms with Gasteiger partial charge in [-0.1, -0.05) is 13.0 Å². The van der Waals surface area contributed by atoms with Gasteiger partial charge in [0.2, 0.25) is 0 Å². The number of hydrogen-bond donors (Lipinski definition) is 5. The van der Waals surface area contributed by atoms with Crippen molar-refractivity contribution in [2.45, 2.75) is 38.5 Å². The third kappa shape index (κ3) is 9.04. The lowest BCUT2D eigenvalue weighted by molar-refractivity contribution is -0.141. The summed E-state index contributed by atoms with van der Waals surface area (Å²) < 4.78 is 5.40. The molecule has 0 aromatic carbocycles. The summed E-state index contributed by atoms with van der Waals surface area (Å²) in [4.78, 5) is 11.1. The number of nitrogens with two attached hydrogens (primary N) is 1. The molecule has 2 atom stereocenters. The molecule has 0 fully saturated rings. The van der Waals surface area contributed by atoms with E-state index in [1.165, 1.54) is 0 Å². The molecule has 0 aliphatic carbocycles. The van der Waals surface area contributed by atoms with Gasteiger partial charge in [-0.25, -0.2) is 0 Å². The van der Waals surface area contributed by atoms with Crippen molar-refractivity contribution in [3.63, 3.8) is 0 Å². The molecule has 0 rings (SSSR count). The quantitative estimate of drug-likeness (QED) is 0.121. The van der Waals surface area contributed by atoms with Crippen LogP contribution < -0.4 is 16.4 Å². The van der Waals surface area contributed by atoms with Crippen molar-refractivity contribution in [2.75, 3.05) is 13.2 Å². The Morgan fingerprint density at radius 2 is 2.32 bits per heavy atom. The molecular weight excluding hydrogens is 248 g/mol. The van der Waals surface area contributed by atoms with Gasteiger partial charge in [-0.2, -0.15) is 0 Å². The van der Waals surface area contributed by atoms with Crippen LogP contribution in [0, 0.1) is 5.41 Å². The lowest BCUT2D eigenvalue weighted by Crippen LogP contribution is -2.45. The predicted molar refractivity (Wildman–Crippen MR) is 73.9 cm³/mol. The van der Waals surface area contributed by atoms with Gasteiger partial charge in [-0.05, 0) is 19.3 Å². The third-order valence-corrected chi connectivity index (χ3v) is 2.46. The molecule has 7 nitrogen and oxygen atoms in total. The van der Waals surface area contributed by atoms with Crippen LogP contribution in [-0.4, -0.2) is 42.5 Å². The number of ether oxygens (including phenoxy) is 1. The van der Waals surface area contributed by atoms with E-state index in [2.05, 4.69) is 17.2 Å². The average Bonchev–Trinajstić information content (AvgIpc) is 2.36. The zero-order chi connectivity index (χ0) is 14.7. The molecule has 0 aromatic heterocycles. The van der Waals surface area contributed by atoms with Crippen LogP contribution in [0.3, 0.4) is 0 Å². The Bertz CT molecular complexity index is 297. The summed E-state index contributed by atoms with van der Waals surface area (Å²) in [5.74, 6) is -1.02. The molecule has 0 heterocycles. The van der Waals surface area contributed by atoms with Crippen LogP contribution in [0.1, 0.15) is 26.2 Å². The number of hydrogen-bond acceptors (Lipinski definition) is 4. The van der Waals surface area contributed by atoms with Crippen molar-refractivity contribution < 1.29 is 14.6 Å². The first-order valence-corrected chi connectivity index (χ1v) is 6.30. The van der Waals surface area contributed by atoms with E-state index >= 15 is 0 Å². The van der Waals surface area contributed by atoms with Crippen LogP contribution in [-0.2, 0) is 9.53 Å². The number of guanidine groups is 1. The van der Waals surface area contributed by atoms with E-state index in [4.69, 9.17) is 21.0 Å². The normalized spacial score (nSPS) is 13.5. The molecule has 19 heavy (non-hydrogen) atoms. The minimum Gasteiger partial charge on any atom is -0.480 e. The Morgan fingerprint density at radius 3 is 2.79 bits per heavy atom. The van der Waals surface area contributed by atoms with Crippen molar-refractivity contribution in [3.8, 4) is 0 Å². The number of nitrogens with one attached hydrogen (secondary N) is 3. The summed E-state index contributed by atoms with van der Waals surface area (Å²) in [7, 11) is 0. The van der Waals surface area contributed by atoms with E-state index < -0.39 is 12.0 Å². The van der Waals surface area contributed by atoms with Crippen LogP contribution in [0.5, 0.6) is 0 Å². The lowest BCUT2D eigenvalue weighted by Gasteiger charge is -2.22. The molecule has 0 aliphatic heterocycles. The molecule has 0 amide bonds. The minimum atomic E-state index is -0.913. The highest BCUT2D eigenvalue weighted by molar-refractivity contribution is 5.74. The minimum absolute atomic E-state index is 0.111. The van der Waals surface area contributed by atoms with Crippen LogP contribution in [0.2, 0.25) is 0 Å². The van der Waals surface area contributed by atoms with E-state index in [0.717, 1.165) is 0 Å². The summed E-state index contributed by atoms with van der Waals surface area (Å²) in [6.07, 6.45) is 3.02. The Morgan fingerprint density at radius 1 is 1.63 bits per heavy atom. The highest BCUT2D eigenvalue weighted by Crippen LogP contribution is 2.02. The summed E-state index contributed by atoms with van der Waals surface area (Å²) >= 11 is 0. The maximum atomic E-state index is 11.1. The zero-order valence-electron chi connectivity index (χ0n) is 11.3. The predicted octanol–water partition coefficient (Wildman–Crippen LogP) is 0.231. The zero-order valence-corrected chi connectivity index (χ0v) is 11.3. The average molecular weight is 272 g/mol. The van der Waals surface area contributed by atoms with Gasteiger partial charge in [0, 0.05) is 6.54 Å². The second-order valence-electron chi connectivity index (χ2n) is 4.06. The molecule has 0 radical (unpaired) electrons. The monoisotopic (exact) mass is 272 g/mol. The van der Waals surface area contributed by atoms with Crippen molar-refractivity contribution in [1.29, 1.82) is 5.41 Å². The van der Waals surface area contributed by atoms with Gasteiger partial charge < -0.3 is 20.9 Å². The smallest absolute Gasteiger partial charge is 0.320 e. The molecule has 7 heteroatoms. The summed E-state index contributed by atoms with van der Waals surface area (Å²) in [5.41, 5.74) is 5.14. The molecule has 0 aromatic rings. The SMILES string of the molecule is C=CCOC(CC)NC(CCCNC(=N)N)C(=O)O. The van der Waals surface area contributed by atoms with Crippen LogP contribution in [0.25, 0.3) is 0 Å². The number of carbonyl (C=O) groups is 1. The van der Waals surface area contributed by atoms with E-state index in [1.54, 1.807) is 6.08 Å². The molecule has 6 N–H and O–H groups in total. The van der Waals surface area contributed by atoms with Crippen LogP contribution >= 0.6 is 0 Å². The molecule has 0 bridgehead atoms. The van der Waals surface area contributed by atoms with Crippen LogP contribution in [0.4, 0.5) is 0 Å². The molecule has 0 saturated heterocycles. The maximum absolute atomic E-state index is 11.1. The van der Waals surface area contributed by atoms with Crippen molar-refractivity contribution >= 4 is 11.9 Å². The summed E-state index contributed by atoms with van der Waals surface area (Å²) in [5, 5.41) is 21.7. The second kappa shape index (κ2) is 10.3. The second-order valence-corrected chi connectivity index (χ2v) is 4.06. The molecule has 110 valence electrons. The van der Waals surface area contributed by atoms with E-state index in [0.29, 0.717) is 32.4 Å². The van der Waals surface area contributed by atoms with Gasteiger partial charge in [-0.15, -0.1) is 6.58 Å². The van der Waals surface area contributed by atoms with E-state index in [9.17, 15) is 4.79 Å². The van der Waals surface area contributed by atoms with Gasteiger partial charge >= 0.3 is 5.97 Å². The highest BCUT2D eigenvalue weighted by atomic mass is 16.5. The first-order valence-electron chi connectivity index (χ1n) is 6.30. The summed E-state index contributed by atoms with van der Waals surface area (Å²) in [6, 6.07) is -0.677. The number of aliphatic carboxylic acids is 1. The van der Waals surface area contributed by atoms with Crippen molar-refractivity contribution in [2.24, 2.45) is 5.73 Å². The fraction of sp³-hybridized carbons (Fsp3) is 0.667. The van der Waals surface area contributed by atoms with Gasteiger partial charge in [0.1, 0.15) is 12.3 Å². The molecule has 0 saturated carbocycles. The van der Waals surface area contributed by atoms with Crippen LogP contribution in [0.15, 0.2) is 12.7 Å². The van der Waals surface area contributed by atoms with E-state index in [-0.39, 0.29) is 12.2 Å². The number of carboxylic acids is 1. The third-order valence-electron chi connectivity index (χ3n) is 2.46. The topological polar surface area (TPSA) is 120 Å². The number of carboxylic acid groups (broad SMARTS) is 1. The Labute approximate surface area is 113 Å². The lowest BCUT2D eigenvalue weighted by atomic mass is 10.1. The van der Waals surface area contributed by atoms with Crippen molar-refractivity contribution in [3.05, 3.63) is 12.7 Å². The maximum Gasteiger partial charge on any atom is 0.320 e. The van der Waals surface area contributed by atoms with Gasteiger partial charge in [0.25, 0.3) is 0 Å². The fourth-order valence-electron chi connectivity index (χ4n) is 1.50. The Hall–Kier alpha value is -1.60. The fourth-order valence-corrected chi connectivity index (χ4v) is 1.50. The molecule has 0 spiro atoms. The van der Waals surface area contributed by atoms with Gasteiger partial charge in [0.15, 0.2) is 5.96 Å². The van der Waals surface area contributed by atoms with E-state index in [1.807, 2.05) is 6.92 Å². The first-order chi connectivity index (χ1) is 9.01. The summed E-state index contributed by atoms with van der Waals surface area (Å²) in [6.45, 7) is 6.32. The Balaban J connectivity index is 4.11. The standard InChI is InChI=1S/C12H24N4O3/c1-3-8-19-10(4-2)16-9(11(17)18)6-5-7-15-12(13)14/h3,9-10,16H,1,4-8H2,2H3,(H,17,18)(H4,13,14,15). The highest BCUT2D eigenvalue weighted by Gasteiger charge is 2.20. The molecule has 2 unspecified atom stereocenters. The number of rotatable bonds is 11. The molecular formula is C12H24N4O3. The van der Waals surface area contributed by atoms with Gasteiger partial charge in [0.05, 0.1) is 6.61 Å². The van der Waals surface area contributed by atoms with Gasteiger partial charge in [-0.3, -0.25) is 15.5 Å². The molecule has 0 aliphatic rings. The van der Waals surface area contributed by atoms with Crippen molar-refractivity contribution in [1.82, 2.24) is 10.6 Å².